The lowest BCUT2D eigenvalue weighted by atomic mass is 9.82. The third kappa shape index (κ3) is 2.61. The van der Waals surface area contributed by atoms with Gasteiger partial charge in [0, 0.05) is 22.6 Å². The van der Waals surface area contributed by atoms with E-state index in [4.69, 9.17) is 37.9 Å². The second-order valence-electron chi connectivity index (χ2n) is 8.08. The zero-order chi connectivity index (χ0) is 22.6. The Kier molecular flexibility index (Phi) is 5.03. The van der Waals surface area contributed by atoms with Crippen molar-refractivity contribution in [1.82, 2.24) is 0 Å². The second-order valence-corrected chi connectivity index (χ2v) is 8.08. The Hall–Kier alpha value is -3.16. The van der Waals surface area contributed by atoms with Crippen LogP contribution in [0.2, 0.25) is 0 Å². The molecule has 0 bridgehead atoms. The van der Waals surface area contributed by atoms with Gasteiger partial charge in [-0.15, -0.1) is 0 Å². The van der Waals surface area contributed by atoms with E-state index in [1.165, 1.54) is 0 Å². The number of benzene rings is 2. The lowest BCUT2D eigenvalue weighted by molar-refractivity contribution is 0.168. The molecular weight excluding hydrogens is 416 g/mol. The molecule has 0 amide bonds. The van der Waals surface area contributed by atoms with Gasteiger partial charge in [-0.3, -0.25) is 0 Å². The molecule has 1 aliphatic carbocycles. The summed E-state index contributed by atoms with van der Waals surface area (Å²) in [6.07, 6.45) is 0.924. The summed E-state index contributed by atoms with van der Waals surface area (Å²) < 4.78 is 46.4. The van der Waals surface area contributed by atoms with E-state index >= 15 is 0 Å². The molecule has 3 aliphatic rings. The molecule has 2 aromatic rings. The summed E-state index contributed by atoms with van der Waals surface area (Å²) in [7, 11) is 6.58. The van der Waals surface area contributed by atoms with Crippen LogP contribution in [0.25, 0.3) is 0 Å². The molecular formula is C24H28O8. The average Bonchev–Trinajstić information content (AvgIpc) is 3.54. The summed E-state index contributed by atoms with van der Waals surface area (Å²) in [5.74, 6) is 5.25. The Morgan fingerprint density at radius 1 is 0.750 bits per heavy atom. The molecule has 0 unspecified atom stereocenters. The second kappa shape index (κ2) is 7.76. The Morgan fingerprint density at radius 2 is 1.28 bits per heavy atom. The normalized spacial score (nSPS) is 22.0. The van der Waals surface area contributed by atoms with Crippen molar-refractivity contribution >= 4 is 0 Å². The van der Waals surface area contributed by atoms with E-state index in [0.29, 0.717) is 46.0 Å². The van der Waals surface area contributed by atoms with Gasteiger partial charge < -0.3 is 37.9 Å². The molecule has 2 aliphatic heterocycles. The van der Waals surface area contributed by atoms with E-state index in [9.17, 15) is 0 Å². The van der Waals surface area contributed by atoms with Gasteiger partial charge in [0.15, 0.2) is 23.0 Å². The predicted octanol–water partition coefficient (Wildman–Crippen LogP) is 4.45. The first kappa shape index (κ1) is 20.7. The number of fused-ring (bicyclic) bond motifs is 3. The lowest BCUT2D eigenvalue weighted by Crippen LogP contribution is -2.12. The zero-order valence-corrected chi connectivity index (χ0v) is 19.2. The Bertz CT molecular complexity index is 1060. The van der Waals surface area contributed by atoms with Crippen molar-refractivity contribution in [3.05, 3.63) is 22.8 Å². The van der Waals surface area contributed by atoms with Crippen LogP contribution in [0.5, 0.6) is 46.0 Å². The number of hydrogen-bond acceptors (Lipinski definition) is 8. The Morgan fingerprint density at radius 3 is 1.81 bits per heavy atom. The molecule has 2 heterocycles. The average molecular weight is 444 g/mol. The van der Waals surface area contributed by atoms with E-state index in [1.54, 1.807) is 28.4 Å². The third-order valence-electron chi connectivity index (χ3n) is 6.85. The lowest BCUT2D eigenvalue weighted by Gasteiger charge is -2.25. The highest BCUT2D eigenvalue weighted by molar-refractivity contribution is 5.74. The first-order valence-corrected chi connectivity index (χ1v) is 10.7. The first-order valence-electron chi connectivity index (χ1n) is 10.7. The minimum Gasteiger partial charge on any atom is -0.493 e. The maximum Gasteiger partial charge on any atom is 0.231 e. The van der Waals surface area contributed by atoms with Crippen molar-refractivity contribution in [3.63, 3.8) is 0 Å². The van der Waals surface area contributed by atoms with Gasteiger partial charge in [0.1, 0.15) is 0 Å². The number of rotatable bonds is 6. The van der Waals surface area contributed by atoms with Gasteiger partial charge >= 0.3 is 0 Å². The monoisotopic (exact) mass is 444 g/mol. The summed E-state index contributed by atoms with van der Waals surface area (Å²) in [6, 6.07) is 1.98. The fourth-order valence-electron chi connectivity index (χ4n) is 5.59. The smallest absolute Gasteiger partial charge is 0.231 e. The number of hydrogen-bond donors (Lipinski definition) is 0. The van der Waals surface area contributed by atoms with Gasteiger partial charge in [-0.25, -0.2) is 0 Å². The van der Waals surface area contributed by atoms with Crippen molar-refractivity contribution in [3.8, 4) is 46.0 Å². The van der Waals surface area contributed by atoms with Crippen LogP contribution in [-0.2, 0) is 0 Å². The van der Waals surface area contributed by atoms with E-state index in [1.807, 2.05) is 6.07 Å². The van der Waals surface area contributed by atoms with Gasteiger partial charge in [0.05, 0.1) is 28.4 Å². The van der Waals surface area contributed by atoms with Crippen molar-refractivity contribution in [2.24, 2.45) is 5.92 Å². The van der Waals surface area contributed by atoms with Gasteiger partial charge in [-0.05, 0) is 24.3 Å². The van der Waals surface area contributed by atoms with Crippen LogP contribution >= 0.6 is 0 Å². The van der Waals surface area contributed by atoms with Gasteiger partial charge in [-0.1, -0.05) is 13.8 Å². The van der Waals surface area contributed by atoms with Gasteiger partial charge in [0.25, 0.3) is 0 Å². The largest absolute Gasteiger partial charge is 0.493 e. The van der Waals surface area contributed by atoms with Crippen LogP contribution in [0.1, 0.15) is 48.8 Å². The third-order valence-corrected chi connectivity index (χ3v) is 6.85. The fraction of sp³-hybridized carbons (Fsp3) is 0.500. The van der Waals surface area contributed by atoms with Crippen molar-refractivity contribution in [2.45, 2.75) is 32.1 Å². The van der Waals surface area contributed by atoms with E-state index in [2.05, 4.69) is 13.8 Å². The summed E-state index contributed by atoms with van der Waals surface area (Å²) in [5.41, 5.74) is 3.05. The quantitative estimate of drug-likeness (QED) is 0.647. The molecule has 0 aromatic heterocycles. The van der Waals surface area contributed by atoms with Gasteiger partial charge in [-0.2, -0.15) is 0 Å². The van der Waals surface area contributed by atoms with Gasteiger partial charge in [0.2, 0.25) is 36.6 Å². The summed E-state index contributed by atoms with van der Waals surface area (Å²) >= 11 is 0. The molecule has 3 atom stereocenters. The van der Waals surface area contributed by atoms with Crippen LogP contribution in [0, 0.1) is 5.92 Å². The molecule has 8 nitrogen and oxygen atoms in total. The fourth-order valence-corrected chi connectivity index (χ4v) is 5.59. The standard InChI is InChI=1S/C24H28O8/c1-7-12-11(2)15(13-8-14(25-3)19-22(18(13)26-4)30-9-29-19)17-16(12)20(27-5)23-24(21(17)28-6)32-10-31-23/h8,11-12,15H,7,9-10H2,1-6H3/t11-,12+,15+/m1/s1. The zero-order valence-electron chi connectivity index (χ0n) is 19.2. The molecule has 0 N–H and O–H groups in total. The van der Waals surface area contributed by atoms with Crippen LogP contribution in [0.15, 0.2) is 6.07 Å². The summed E-state index contributed by atoms with van der Waals surface area (Å²) in [6.45, 7) is 4.67. The Labute approximate surface area is 187 Å². The molecule has 32 heavy (non-hydrogen) atoms. The Balaban J connectivity index is 1.83. The first-order chi connectivity index (χ1) is 15.6. The maximum atomic E-state index is 5.93. The molecule has 5 rings (SSSR count). The summed E-state index contributed by atoms with van der Waals surface area (Å²) in [5, 5.41) is 0. The van der Waals surface area contributed by atoms with E-state index in [-0.39, 0.29) is 31.3 Å². The van der Waals surface area contributed by atoms with Crippen LogP contribution in [-0.4, -0.2) is 42.0 Å². The minimum absolute atomic E-state index is 0.0772. The van der Waals surface area contributed by atoms with Crippen LogP contribution in [0.4, 0.5) is 0 Å². The number of ether oxygens (including phenoxy) is 8. The molecule has 0 radical (unpaired) electrons. The van der Waals surface area contributed by atoms with Crippen molar-refractivity contribution in [2.75, 3.05) is 42.0 Å². The van der Waals surface area contributed by atoms with E-state index in [0.717, 1.165) is 23.1 Å². The van der Waals surface area contributed by atoms with E-state index < -0.39 is 0 Å². The highest BCUT2D eigenvalue weighted by Gasteiger charge is 2.48. The molecule has 0 fully saturated rings. The van der Waals surface area contributed by atoms with Crippen molar-refractivity contribution < 1.29 is 37.9 Å². The molecule has 0 saturated carbocycles. The van der Waals surface area contributed by atoms with Crippen LogP contribution in [0.3, 0.4) is 0 Å². The van der Waals surface area contributed by atoms with Crippen molar-refractivity contribution in [1.29, 1.82) is 0 Å². The molecule has 8 heteroatoms. The predicted molar refractivity (Wildman–Crippen MR) is 115 cm³/mol. The molecule has 0 saturated heterocycles. The van der Waals surface area contributed by atoms with Crippen LogP contribution < -0.4 is 37.9 Å². The topological polar surface area (TPSA) is 73.8 Å². The molecule has 2 aromatic carbocycles. The molecule has 172 valence electrons. The highest BCUT2D eigenvalue weighted by atomic mass is 16.7. The number of methoxy groups -OCH3 is 4. The highest BCUT2D eigenvalue weighted by Crippen LogP contribution is 2.65. The minimum atomic E-state index is -0.0772. The summed E-state index contributed by atoms with van der Waals surface area (Å²) in [4.78, 5) is 0. The SMILES string of the molecule is CC[C@@H]1c2c(OC)c3c(c(OC)c2[C@H](c2cc(OC)c4c(c2OC)OCO4)[C@@H]1C)OCO3. The molecule has 0 spiro atoms. The maximum absolute atomic E-state index is 5.93.